The predicted octanol–water partition coefficient (Wildman–Crippen LogP) is 4.13. The Labute approximate surface area is 146 Å². The molecule has 1 spiro atoms. The molecule has 4 saturated carbocycles. The van der Waals surface area contributed by atoms with Gasteiger partial charge in [-0.2, -0.15) is 0 Å². The van der Waals surface area contributed by atoms with E-state index in [0.29, 0.717) is 11.5 Å². The van der Waals surface area contributed by atoms with Gasteiger partial charge in [-0.05, 0) is 101 Å². The maximum absolute atomic E-state index is 10.1. The van der Waals surface area contributed by atoms with Crippen molar-refractivity contribution in [1.82, 2.24) is 0 Å². The van der Waals surface area contributed by atoms with Gasteiger partial charge in [-0.25, -0.2) is 0 Å². The van der Waals surface area contributed by atoms with E-state index < -0.39 is 5.79 Å². The largest absolute Gasteiger partial charge is 0.393 e. The monoisotopic (exact) mass is 334 g/mol. The third kappa shape index (κ3) is 2.27. The molecule has 0 amide bonds. The average Bonchev–Trinajstić information content (AvgIpc) is 2.92. The highest BCUT2D eigenvalue weighted by molar-refractivity contribution is 5.09. The second kappa shape index (κ2) is 5.44. The van der Waals surface area contributed by atoms with Crippen molar-refractivity contribution in [2.24, 2.45) is 35.0 Å². The third-order valence-electron chi connectivity index (χ3n) is 8.68. The van der Waals surface area contributed by atoms with Gasteiger partial charge in [-0.3, -0.25) is 0 Å². The molecule has 24 heavy (non-hydrogen) atoms. The van der Waals surface area contributed by atoms with E-state index in [1.54, 1.807) is 0 Å². The zero-order chi connectivity index (χ0) is 16.5. The van der Waals surface area contributed by atoms with E-state index in [9.17, 15) is 5.11 Å². The normalized spacial score (nSPS) is 55.9. The number of fused-ring (bicyclic) bond motifs is 4. The predicted molar refractivity (Wildman–Crippen MR) is 92.3 cm³/mol. The Morgan fingerprint density at radius 1 is 0.875 bits per heavy atom. The van der Waals surface area contributed by atoms with Gasteiger partial charge in [0, 0.05) is 5.41 Å². The lowest BCUT2D eigenvalue weighted by atomic mass is 9.50. The van der Waals surface area contributed by atoms with Crippen molar-refractivity contribution >= 4 is 0 Å². The Bertz CT molecular complexity index is 503. The number of aliphatic hydroxyl groups is 1. The molecule has 1 heterocycles. The minimum atomic E-state index is -0.390. The molecule has 8 atom stereocenters. The van der Waals surface area contributed by atoms with Crippen LogP contribution in [0.4, 0.5) is 0 Å². The van der Waals surface area contributed by atoms with Crippen molar-refractivity contribution in [2.75, 3.05) is 6.61 Å². The number of hydrogen-bond donors (Lipinski definition) is 1. The molecular formula is C21H34O3. The van der Waals surface area contributed by atoms with Crippen LogP contribution < -0.4 is 0 Å². The number of ether oxygens (including phenoxy) is 2. The van der Waals surface area contributed by atoms with Crippen LogP contribution in [0.1, 0.15) is 71.6 Å². The highest BCUT2D eigenvalue weighted by Crippen LogP contribution is 2.64. The van der Waals surface area contributed by atoms with Gasteiger partial charge < -0.3 is 14.6 Å². The van der Waals surface area contributed by atoms with Crippen LogP contribution >= 0.6 is 0 Å². The molecule has 0 radical (unpaired) electrons. The van der Waals surface area contributed by atoms with Gasteiger partial charge in [0.1, 0.15) is 0 Å². The lowest BCUT2D eigenvalue weighted by Gasteiger charge is -2.58. The molecule has 3 heteroatoms. The van der Waals surface area contributed by atoms with Gasteiger partial charge in [0.05, 0.1) is 18.8 Å². The highest BCUT2D eigenvalue weighted by Gasteiger charge is 2.62. The first-order chi connectivity index (χ1) is 11.5. The third-order valence-corrected chi connectivity index (χ3v) is 8.68. The van der Waals surface area contributed by atoms with Gasteiger partial charge >= 0.3 is 0 Å². The second-order valence-electron chi connectivity index (χ2n) is 10.0. The van der Waals surface area contributed by atoms with E-state index in [1.807, 2.05) is 0 Å². The number of aliphatic hydroxyl groups excluding tert-OH is 1. The summed E-state index contributed by atoms with van der Waals surface area (Å²) in [4.78, 5) is 0. The average molecular weight is 335 g/mol. The molecule has 3 nitrogen and oxygen atoms in total. The smallest absolute Gasteiger partial charge is 0.163 e. The van der Waals surface area contributed by atoms with Crippen LogP contribution in [0.3, 0.4) is 0 Å². The molecule has 1 saturated heterocycles. The summed E-state index contributed by atoms with van der Waals surface area (Å²) in [5.41, 5.74) is 0.317. The Morgan fingerprint density at radius 2 is 1.71 bits per heavy atom. The van der Waals surface area contributed by atoms with Crippen LogP contribution in [0.25, 0.3) is 0 Å². The van der Waals surface area contributed by atoms with Crippen LogP contribution in [-0.4, -0.2) is 29.7 Å². The lowest BCUT2D eigenvalue weighted by Crippen LogP contribution is -2.58. The van der Waals surface area contributed by atoms with Gasteiger partial charge in [0.2, 0.25) is 0 Å². The Kier molecular flexibility index (Phi) is 3.64. The fraction of sp³-hybridized carbons (Fsp3) is 1.00. The van der Waals surface area contributed by atoms with Crippen molar-refractivity contribution in [3.05, 3.63) is 0 Å². The van der Waals surface area contributed by atoms with E-state index >= 15 is 0 Å². The Balaban J connectivity index is 1.39. The first-order valence-electron chi connectivity index (χ1n) is 10.5. The summed E-state index contributed by atoms with van der Waals surface area (Å²) in [7, 11) is 0. The van der Waals surface area contributed by atoms with Gasteiger partial charge in [0.25, 0.3) is 0 Å². The fourth-order valence-corrected chi connectivity index (χ4v) is 7.72. The summed E-state index contributed by atoms with van der Waals surface area (Å²) < 4.78 is 12.6. The topological polar surface area (TPSA) is 38.7 Å². The molecule has 4 aliphatic carbocycles. The van der Waals surface area contributed by atoms with E-state index in [4.69, 9.17) is 9.47 Å². The van der Waals surface area contributed by atoms with Crippen molar-refractivity contribution in [2.45, 2.75) is 89.6 Å². The number of rotatable bonds is 0. The van der Waals surface area contributed by atoms with Gasteiger partial charge in [-0.1, -0.05) is 0 Å². The van der Waals surface area contributed by atoms with Crippen molar-refractivity contribution in [3.8, 4) is 0 Å². The molecule has 1 N–H and O–H groups in total. The Morgan fingerprint density at radius 3 is 2.58 bits per heavy atom. The minimum absolute atomic E-state index is 0.0176. The molecule has 0 aromatic rings. The van der Waals surface area contributed by atoms with Gasteiger partial charge in [-0.15, -0.1) is 0 Å². The molecule has 5 fully saturated rings. The summed E-state index contributed by atoms with van der Waals surface area (Å²) in [5, 5.41) is 10.1. The summed E-state index contributed by atoms with van der Waals surface area (Å²) >= 11 is 0. The first-order valence-corrected chi connectivity index (χ1v) is 10.5. The zero-order valence-corrected chi connectivity index (χ0v) is 15.4. The molecular weight excluding hydrogens is 300 g/mol. The Hall–Kier alpha value is -0.120. The molecule has 0 aromatic heterocycles. The molecule has 4 unspecified atom stereocenters. The van der Waals surface area contributed by atoms with Crippen LogP contribution in [0.15, 0.2) is 0 Å². The molecule has 1 aliphatic heterocycles. The summed E-state index contributed by atoms with van der Waals surface area (Å²) in [5.74, 6) is 3.95. The fourth-order valence-electron chi connectivity index (χ4n) is 7.72. The molecule has 5 aliphatic rings. The SMILES string of the molecule is CC1(C)OC[C@]23CCC4C(CC[C@H]5C[C@@H](O)CCC45)C2CC[C@@H]3O1. The van der Waals surface area contributed by atoms with Crippen molar-refractivity contribution < 1.29 is 14.6 Å². The maximum Gasteiger partial charge on any atom is 0.163 e. The van der Waals surface area contributed by atoms with Crippen LogP contribution in [0.2, 0.25) is 0 Å². The van der Waals surface area contributed by atoms with E-state index in [-0.39, 0.29) is 6.10 Å². The lowest BCUT2D eigenvalue weighted by molar-refractivity contribution is -0.325. The van der Waals surface area contributed by atoms with Crippen molar-refractivity contribution in [3.63, 3.8) is 0 Å². The summed E-state index contributed by atoms with van der Waals surface area (Å²) in [6.07, 6.45) is 11.8. The standard InChI is InChI=1S/C21H34O3/c1-20(2)23-12-21-10-9-16-15-6-4-14(22)11-13(15)3-5-17(16)18(21)7-8-19(21)24-20/h13-19,22H,3-12H2,1-2H3/t13-,14-,15?,16?,17?,18?,19-,21+/m0/s1. The van der Waals surface area contributed by atoms with E-state index in [1.165, 1.54) is 44.9 Å². The first kappa shape index (κ1) is 16.1. The van der Waals surface area contributed by atoms with Crippen LogP contribution in [0.5, 0.6) is 0 Å². The summed E-state index contributed by atoms with van der Waals surface area (Å²) in [6, 6.07) is 0. The van der Waals surface area contributed by atoms with Crippen LogP contribution in [-0.2, 0) is 9.47 Å². The highest BCUT2D eigenvalue weighted by atomic mass is 16.7. The molecule has 5 rings (SSSR count). The van der Waals surface area contributed by atoms with Crippen molar-refractivity contribution in [1.29, 1.82) is 0 Å². The van der Waals surface area contributed by atoms with Gasteiger partial charge in [0.15, 0.2) is 5.79 Å². The second-order valence-corrected chi connectivity index (χ2v) is 10.0. The van der Waals surface area contributed by atoms with E-state index in [2.05, 4.69) is 13.8 Å². The maximum atomic E-state index is 10.1. The quantitative estimate of drug-likeness (QED) is 0.724. The zero-order valence-electron chi connectivity index (χ0n) is 15.4. The molecule has 0 bridgehead atoms. The molecule has 136 valence electrons. The van der Waals surface area contributed by atoms with Crippen LogP contribution in [0, 0.1) is 35.0 Å². The summed E-state index contributed by atoms with van der Waals surface area (Å²) in [6.45, 7) is 5.08. The number of hydrogen-bond acceptors (Lipinski definition) is 3. The molecule has 0 aromatic carbocycles. The minimum Gasteiger partial charge on any atom is -0.393 e. The van der Waals surface area contributed by atoms with E-state index in [0.717, 1.165) is 49.0 Å².